The molecule has 0 radical (unpaired) electrons. The van der Waals surface area contributed by atoms with Gasteiger partial charge in [-0.25, -0.2) is 9.69 Å². The van der Waals surface area contributed by atoms with Gasteiger partial charge in [0.05, 0.1) is 28.4 Å². The van der Waals surface area contributed by atoms with Crippen LogP contribution in [0.5, 0.6) is 0 Å². The van der Waals surface area contributed by atoms with Gasteiger partial charge in [0.15, 0.2) is 0 Å². The second kappa shape index (κ2) is 9.84. The van der Waals surface area contributed by atoms with Crippen LogP contribution in [0.2, 0.25) is 5.02 Å². The van der Waals surface area contributed by atoms with Crippen LogP contribution in [0.3, 0.4) is 0 Å². The molecule has 0 aromatic heterocycles. The Balaban J connectivity index is 1.80. The van der Waals surface area contributed by atoms with Crippen LogP contribution in [0.15, 0.2) is 53.2 Å². The Bertz CT molecular complexity index is 1130. The molecule has 174 valence electrons. The lowest BCUT2D eigenvalue weighted by molar-refractivity contribution is -0.137. The van der Waals surface area contributed by atoms with Crippen LogP contribution >= 0.6 is 23.2 Å². The minimum atomic E-state index is -4.71. The van der Waals surface area contributed by atoms with Crippen molar-refractivity contribution in [2.24, 2.45) is 0 Å². The molecule has 2 aromatic carbocycles. The molecule has 0 spiro atoms. The number of unbranched alkanes of at least 4 members (excludes halogenated alkanes) is 1. The number of benzene rings is 2. The third-order valence-corrected chi connectivity index (χ3v) is 5.33. The van der Waals surface area contributed by atoms with Crippen LogP contribution in [0, 0.1) is 0 Å². The Morgan fingerprint density at radius 3 is 2.33 bits per heavy atom. The van der Waals surface area contributed by atoms with Crippen molar-refractivity contribution in [2.45, 2.75) is 25.9 Å². The topological polar surface area (TPSA) is 75.7 Å². The van der Waals surface area contributed by atoms with Gasteiger partial charge in [0.25, 0.3) is 11.8 Å². The lowest BCUT2D eigenvalue weighted by Gasteiger charge is -2.18. The van der Waals surface area contributed by atoms with Crippen molar-refractivity contribution in [3.8, 4) is 0 Å². The number of anilines is 2. The highest BCUT2D eigenvalue weighted by Gasteiger charge is 2.41. The lowest BCUT2D eigenvalue weighted by Crippen LogP contribution is -2.32. The molecule has 0 saturated carbocycles. The van der Waals surface area contributed by atoms with E-state index in [-0.39, 0.29) is 16.3 Å². The minimum Gasteiger partial charge on any atom is -0.462 e. The Kier molecular flexibility index (Phi) is 7.34. The molecule has 0 fully saturated rings. The number of nitrogens with zero attached hydrogens (tertiary/aromatic N) is 1. The molecular formula is C22H17Cl2F3N2O4. The van der Waals surface area contributed by atoms with Crippen molar-refractivity contribution < 1.29 is 32.3 Å². The predicted molar refractivity (Wildman–Crippen MR) is 117 cm³/mol. The zero-order chi connectivity index (χ0) is 24.3. The van der Waals surface area contributed by atoms with Gasteiger partial charge in [-0.05, 0) is 48.9 Å². The molecule has 6 nitrogen and oxygen atoms in total. The molecule has 0 aliphatic carbocycles. The van der Waals surface area contributed by atoms with Crippen molar-refractivity contribution in [1.29, 1.82) is 0 Å². The Morgan fingerprint density at radius 1 is 1.06 bits per heavy atom. The fraction of sp³-hybridized carbons (Fsp3) is 0.227. The molecule has 0 saturated heterocycles. The van der Waals surface area contributed by atoms with E-state index in [1.54, 1.807) is 0 Å². The van der Waals surface area contributed by atoms with E-state index in [1.165, 1.54) is 24.3 Å². The first-order chi connectivity index (χ1) is 15.5. The third kappa shape index (κ3) is 5.31. The molecule has 1 aliphatic heterocycles. The summed E-state index contributed by atoms with van der Waals surface area (Å²) in [6, 6.07) is 8.11. The predicted octanol–water partition coefficient (Wildman–Crippen LogP) is 5.75. The molecule has 33 heavy (non-hydrogen) atoms. The summed E-state index contributed by atoms with van der Waals surface area (Å²) < 4.78 is 44.4. The first-order valence-corrected chi connectivity index (χ1v) is 10.5. The van der Waals surface area contributed by atoms with Crippen molar-refractivity contribution in [3.63, 3.8) is 0 Å². The van der Waals surface area contributed by atoms with Crippen molar-refractivity contribution in [2.75, 3.05) is 16.8 Å². The normalized spacial score (nSPS) is 14.2. The number of carbonyl (C=O) groups is 3. The highest BCUT2D eigenvalue weighted by molar-refractivity contribution is 6.53. The molecule has 0 bridgehead atoms. The van der Waals surface area contributed by atoms with Crippen LogP contribution in [-0.4, -0.2) is 24.4 Å². The Hall–Kier alpha value is -3.04. The van der Waals surface area contributed by atoms with Crippen molar-refractivity contribution >= 4 is 52.4 Å². The molecule has 0 unspecified atom stereocenters. The van der Waals surface area contributed by atoms with Gasteiger partial charge in [-0.1, -0.05) is 36.5 Å². The average molecular weight is 501 g/mol. The molecule has 2 aromatic rings. The van der Waals surface area contributed by atoms with Gasteiger partial charge in [0, 0.05) is 5.69 Å². The maximum Gasteiger partial charge on any atom is 0.416 e. The van der Waals surface area contributed by atoms with E-state index in [0.717, 1.165) is 25.0 Å². The average Bonchev–Trinajstić information content (AvgIpc) is 2.97. The number of carbonyl (C=O) groups excluding carboxylic acids is 3. The minimum absolute atomic E-state index is 0.235. The highest BCUT2D eigenvalue weighted by Crippen LogP contribution is 2.38. The molecule has 1 heterocycles. The number of rotatable bonds is 7. The zero-order valence-corrected chi connectivity index (χ0v) is 18.6. The van der Waals surface area contributed by atoms with Gasteiger partial charge in [0.1, 0.15) is 10.7 Å². The maximum atomic E-state index is 13.1. The van der Waals surface area contributed by atoms with Crippen molar-refractivity contribution in [3.05, 3.63) is 69.3 Å². The largest absolute Gasteiger partial charge is 0.462 e. The number of hydrogen-bond donors (Lipinski definition) is 1. The van der Waals surface area contributed by atoms with Crippen LogP contribution < -0.4 is 10.2 Å². The molecule has 2 amide bonds. The summed E-state index contributed by atoms with van der Waals surface area (Å²) in [6.07, 6.45) is -3.09. The summed E-state index contributed by atoms with van der Waals surface area (Å²) in [5.74, 6) is -2.51. The Labute approximate surface area is 196 Å². The summed E-state index contributed by atoms with van der Waals surface area (Å²) >= 11 is 12.0. The van der Waals surface area contributed by atoms with Crippen LogP contribution in [0.4, 0.5) is 24.5 Å². The second-order valence-electron chi connectivity index (χ2n) is 6.99. The summed E-state index contributed by atoms with van der Waals surface area (Å²) in [6.45, 7) is 2.26. The van der Waals surface area contributed by atoms with Gasteiger partial charge in [0.2, 0.25) is 0 Å². The van der Waals surface area contributed by atoms with E-state index in [2.05, 4.69) is 5.32 Å². The van der Waals surface area contributed by atoms with Crippen molar-refractivity contribution in [1.82, 2.24) is 0 Å². The van der Waals surface area contributed by atoms with E-state index in [0.29, 0.717) is 23.3 Å². The van der Waals surface area contributed by atoms with Crippen LogP contribution in [0.25, 0.3) is 0 Å². The van der Waals surface area contributed by atoms with E-state index in [9.17, 15) is 27.6 Å². The van der Waals surface area contributed by atoms with Gasteiger partial charge >= 0.3 is 12.1 Å². The number of amides is 2. The summed E-state index contributed by atoms with van der Waals surface area (Å²) in [4.78, 5) is 37.9. The van der Waals surface area contributed by atoms with E-state index in [1.807, 2.05) is 6.92 Å². The first kappa shape index (κ1) is 24.6. The first-order valence-electron chi connectivity index (χ1n) is 9.74. The second-order valence-corrected chi connectivity index (χ2v) is 7.78. The number of halogens is 5. The van der Waals surface area contributed by atoms with Gasteiger partial charge in [-0.15, -0.1) is 0 Å². The maximum absolute atomic E-state index is 13.1. The fourth-order valence-corrected chi connectivity index (χ4v) is 3.33. The molecule has 1 aliphatic rings. The highest BCUT2D eigenvalue weighted by atomic mass is 35.5. The quantitative estimate of drug-likeness (QED) is 0.297. The number of ether oxygens (including phenoxy) is 1. The number of esters is 1. The monoisotopic (exact) mass is 500 g/mol. The smallest absolute Gasteiger partial charge is 0.416 e. The Morgan fingerprint density at radius 2 is 1.73 bits per heavy atom. The zero-order valence-electron chi connectivity index (χ0n) is 17.1. The van der Waals surface area contributed by atoms with Gasteiger partial charge < -0.3 is 10.1 Å². The van der Waals surface area contributed by atoms with Crippen LogP contribution in [0.1, 0.15) is 35.7 Å². The van der Waals surface area contributed by atoms with Gasteiger partial charge in [-0.2, -0.15) is 13.2 Å². The summed E-state index contributed by atoms with van der Waals surface area (Å²) in [7, 11) is 0. The van der Waals surface area contributed by atoms with E-state index in [4.69, 9.17) is 27.9 Å². The molecule has 3 rings (SSSR count). The number of alkyl halides is 3. The number of hydrogen-bond acceptors (Lipinski definition) is 5. The molecule has 11 heteroatoms. The summed E-state index contributed by atoms with van der Waals surface area (Å²) in [5, 5.41) is 1.92. The molecule has 1 N–H and O–H groups in total. The van der Waals surface area contributed by atoms with E-state index >= 15 is 0 Å². The standard InChI is InChI=1S/C22H17Cl2F3N2O4/c1-2-3-10-33-21(32)12-4-7-14(8-5-12)28-18-17(24)19(30)29(20(18)31)16-11-13(22(25,26)27)6-9-15(16)23/h4-9,11,28H,2-3,10H2,1H3. The van der Waals surface area contributed by atoms with Crippen LogP contribution in [-0.2, 0) is 20.5 Å². The van der Waals surface area contributed by atoms with E-state index < -0.39 is 40.2 Å². The third-order valence-electron chi connectivity index (χ3n) is 4.66. The van der Waals surface area contributed by atoms with Gasteiger partial charge in [-0.3, -0.25) is 9.59 Å². The lowest BCUT2D eigenvalue weighted by atomic mass is 10.1. The summed E-state index contributed by atoms with van der Waals surface area (Å²) in [5.41, 5.74) is -1.27. The fourth-order valence-electron chi connectivity index (χ4n) is 2.92. The number of imide groups is 1. The SMILES string of the molecule is CCCCOC(=O)c1ccc(NC2=C(Cl)C(=O)N(c3cc(C(F)(F)F)ccc3Cl)C2=O)cc1. The molecular weight excluding hydrogens is 484 g/mol. The number of nitrogens with one attached hydrogen (secondary N) is 1. The molecule has 0 atom stereocenters.